The second-order valence-corrected chi connectivity index (χ2v) is 6.48. The predicted octanol–water partition coefficient (Wildman–Crippen LogP) is 3.21. The largest absolute Gasteiger partial charge is 0.350 e. The van der Waals surface area contributed by atoms with Crippen molar-refractivity contribution in [1.82, 2.24) is 15.0 Å². The summed E-state index contributed by atoms with van der Waals surface area (Å²) in [6, 6.07) is 5.71. The highest BCUT2D eigenvalue weighted by Crippen LogP contribution is 2.27. The minimum absolute atomic E-state index is 0.228. The van der Waals surface area contributed by atoms with Gasteiger partial charge in [-0.3, -0.25) is 4.79 Å². The van der Waals surface area contributed by atoms with Gasteiger partial charge in [-0.1, -0.05) is 11.6 Å². The molecule has 1 aliphatic heterocycles. The average Bonchev–Trinajstić information content (AvgIpc) is 3.22. The Labute approximate surface area is 140 Å². The fraction of sp³-hybridized carbons (Fsp3) is 0.0625. The van der Waals surface area contributed by atoms with Crippen LogP contribution in [0.25, 0.3) is 17.0 Å². The third-order valence-corrected chi connectivity index (χ3v) is 4.70. The van der Waals surface area contributed by atoms with Gasteiger partial charge >= 0.3 is 0 Å². The fourth-order valence-electron chi connectivity index (χ4n) is 2.64. The van der Waals surface area contributed by atoms with Crippen LogP contribution >= 0.6 is 22.9 Å². The lowest BCUT2D eigenvalue weighted by Crippen LogP contribution is -2.13. The molecule has 1 aromatic carbocycles. The first-order chi connectivity index (χ1) is 11.1. The van der Waals surface area contributed by atoms with Gasteiger partial charge in [0.05, 0.1) is 5.57 Å². The highest BCUT2D eigenvalue weighted by atomic mass is 35.5. The van der Waals surface area contributed by atoms with Gasteiger partial charge in [0, 0.05) is 46.3 Å². The lowest BCUT2D eigenvalue weighted by atomic mass is 10.1. The Kier molecular flexibility index (Phi) is 3.28. The molecule has 7 heteroatoms. The number of aromatic nitrogens is 2. The van der Waals surface area contributed by atoms with E-state index in [1.165, 1.54) is 11.3 Å². The van der Waals surface area contributed by atoms with Crippen molar-refractivity contribution in [3.63, 3.8) is 0 Å². The second-order valence-electron chi connectivity index (χ2n) is 5.15. The molecule has 0 aliphatic carbocycles. The molecule has 0 bridgehead atoms. The third-order valence-electron chi connectivity index (χ3n) is 3.69. The Morgan fingerprint density at radius 2 is 2.26 bits per heavy atom. The average molecular weight is 343 g/mol. The summed E-state index contributed by atoms with van der Waals surface area (Å²) in [7, 11) is 1.96. The molecule has 3 heterocycles. The van der Waals surface area contributed by atoms with E-state index in [0.29, 0.717) is 21.3 Å². The topological polar surface area (TPSA) is 59.3 Å². The van der Waals surface area contributed by atoms with E-state index in [2.05, 4.69) is 15.5 Å². The molecule has 0 fully saturated rings. The van der Waals surface area contributed by atoms with Gasteiger partial charge in [0.1, 0.15) is 10.7 Å². The summed E-state index contributed by atoms with van der Waals surface area (Å²) in [5.74, 6) is -0.228. The van der Waals surface area contributed by atoms with Crippen LogP contribution in [0.1, 0.15) is 10.6 Å². The van der Waals surface area contributed by atoms with Gasteiger partial charge in [0.15, 0.2) is 0 Å². The van der Waals surface area contributed by atoms with Crippen molar-refractivity contribution in [3.8, 4) is 0 Å². The predicted molar refractivity (Wildman–Crippen MR) is 92.7 cm³/mol. The summed E-state index contributed by atoms with van der Waals surface area (Å²) in [6.07, 6.45) is 5.50. The number of carbonyl (C=O) groups is 1. The lowest BCUT2D eigenvalue weighted by molar-refractivity contribution is -0.116. The summed E-state index contributed by atoms with van der Waals surface area (Å²) in [6.45, 7) is 0. The summed E-state index contributed by atoms with van der Waals surface area (Å²) in [5, 5.41) is 8.33. The molecule has 0 spiro atoms. The van der Waals surface area contributed by atoms with Crippen molar-refractivity contribution in [2.24, 2.45) is 12.1 Å². The summed E-state index contributed by atoms with van der Waals surface area (Å²) < 4.78 is 2.01. The maximum absolute atomic E-state index is 12.1. The van der Waals surface area contributed by atoms with Crippen LogP contribution < -0.4 is 5.43 Å². The van der Waals surface area contributed by atoms with Crippen LogP contribution in [0.15, 0.2) is 46.6 Å². The number of aryl methyl sites for hydroxylation is 1. The van der Waals surface area contributed by atoms with E-state index in [9.17, 15) is 4.79 Å². The Bertz CT molecular complexity index is 985. The highest BCUT2D eigenvalue weighted by molar-refractivity contribution is 7.12. The minimum atomic E-state index is -0.228. The number of amides is 1. The number of hydrogen-bond acceptors (Lipinski definition) is 4. The van der Waals surface area contributed by atoms with Crippen molar-refractivity contribution < 1.29 is 4.79 Å². The molecular weight excluding hydrogens is 332 g/mol. The molecule has 2 aromatic heterocycles. The van der Waals surface area contributed by atoms with E-state index in [4.69, 9.17) is 11.6 Å². The van der Waals surface area contributed by atoms with Crippen LogP contribution in [0, 0.1) is 0 Å². The molecule has 23 heavy (non-hydrogen) atoms. The van der Waals surface area contributed by atoms with Gasteiger partial charge in [-0.15, -0.1) is 11.3 Å². The van der Waals surface area contributed by atoms with Crippen LogP contribution in [0.5, 0.6) is 0 Å². The van der Waals surface area contributed by atoms with Crippen LogP contribution in [0.2, 0.25) is 5.02 Å². The zero-order valence-electron chi connectivity index (χ0n) is 12.1. The number of hydrazone groups is 1. The maximum atomic E-state index is 12.1. The quantitative estimate of drug-likeness (QED) is 0.727. The second kappa shape index (κ2) is 5.33. The zero-order chi connectivity index (χ0) is 16.0. The van der Waals surface area contributed by atoms with Crippen molar-refractivity contribution in [1.29, 1.82) is 0 Å². The van der Waals surface area contributed by atoms with Gasteiger partial charge in [0.25, 0.3) is 5.91 Å². The van der Waals surface area contributed by atoms with Crippen LogP contribution in [0.3, 0.4) is 0 Å². The monoisotopic (exact) mass is 342 g/mol. The van der Waals surface area contributed by atoms with Gasteiger partial charge in [-0.25, -0.2) is 10.4 Å². The van der Waals surface area contributed by atoms with Crippen molar-refractivity contribution in [3.05, 3.63) is 57.1 Å². The third kappa shape index (κ3) is 2.36. The number of halogens is 1. The number of rotatable bonds is 2. The molecule has 3 aromatic rings. The van der Waals surface area contributed by atoms with Crippen molar-refractivity contribution >= 4 is 51.5 Å². The number of hydrogen-bond donors (Lipinski definition) is 1. The number of nitrogens with one attached hydrogen (secondary N) is 1. The Morgan fingerprint density at radius 1 is 1.39 bits per heavy atom. The highest BCUT2D eigenvalue weighted by Gasteiger charge is 2.26. The molecule has 0 atom stereocenters. The van der Waals surface area contributed by atoms with Gasteiger partial charge in [-0.05, 0) is 24.3 Å². The summed E-state index contributed by atoms with van der Waals surface area (Å²) >= 11 is 7.56. The molecule has 0 saturated carbocycles. The molecule has 0 unspecified atom stereocenters. The molecule has 1 N–H and O–H groups in total. The van der Waals surface area contributed by atoms with Crippen LogP contribution in [-0.4, -0.2) is 21.2 Å². The number of fused-ring (bicyclic) bond motifs is 1. The molecule has 114 valence electrons. The zero-order valence-corrected chi connectivity index (χ0v) is 13.6. The Balaban J connectivity index is 1.88. The van der Waals surface area contributed by atoms with E-state index in [0.717, 1.165) is 16.5 Å². The van der Waals surface area contributed by atoms with Crippen molar-refractivity contribution in [2.45, 2.75) is 0 Å². The molecular formula is C16H11ClN4OS. The van der Waals surface area contributed by atoms with Crippen LogP contribution in [-0.2, 0) is 11.8 Å². The van der Waals surface area contributed by atoms with E-state index in [1.54, 1.807) is 6.20 Å². The summed E-state index contributed by atoms with van der Waals surface area (Å²) in [5.41, 5.74) is 5.56. The minimum Gasteiger partial charge on any atom is -0.350 e. The Hall–Kier alpha value is -2.44. The van der Waals surface area contributed by atoms with Gasteiger partial charge < -0.3 is 4.57 Å². The lowest BCUT2D eigenvalue weighted by Gasteiger charge is -1.98. The van der Waals surface area contributed by atoms with E-state index in [1.807, 2.05) is 47.5 Å². The number of nitrogens with zero attached hydrogens (tertiary/aromatic N) is 3. The van der Waals surface area contributed by atoms with Crippen LogP contribution in [0.4, 0.5) is 0 Å². The normalized spacial score (nSPS) is 16.2. The van der Waals surface area contributed by atoms with E-state index >= 15 is 0 Å². The van der Waals surface area contributed by atoms with Crippen molar-refractivity contribution in [2.75, 3.05) is 0 Å². The number of benzene rings is 1. The fourth-order valence-corrected chi connectivity index (χ4v) is 3.45. The molecule has 1 amide bonds. The number of carbonyl (C=O) groups excluding carboxylic acids is 1. The smallest absolute Gasteiger partial charge is 0.273 e. The summed E-state index contributed by atoms with van der Waals surface area (Å²) in [4.78, 5) is 16.4. The molecule has 5 nitrogen and oxygen atoms in total. The first-order valence-corrected chi connectivity index (χ1v) is 8.14. The number of thiazole rings is 1. The van der Waals surface area contributed by atoms with E-state index < -0.39 is 0 Å². The SMILES string of the molecule is Cn1cc(/C=C2\C(=O)NN=C2c2nccs2)c2cc(Cl)ccc21. The standard InChI is InChI=1S/C16H11ClN4OS/c1-21-8-9(11-7-10(17)2-3-13(11)21)6-12-14(19-20-15(12)22)16-18-4-5-23-16/h2-8H,1H3,(H,20,22)/b12-6-. The maximum Gasteiger partial charge on any atom is 0.273 e. The molecule has 0 saturated heterocycles. The first kappa shape index (κ1) is 14.2. The van der Waals surface area contributed by atoms with E-state index in [-0.39, 0.29) is 5.91 Å². The molecule has 1 aliphatic rings. The van der Waals surface area contributed by atoms with Gasteiger partial charge in [-0.2, -0.15) is 5.10 Å². The molecule has 0 radical (unpaired) electrons. The molecule has 4 rings (SSSR count). The Morgan fingerprint density at radius 3 is 3.04 bits per heavy atom. The van der Waals surface area contributed by atoms with Gasteiger partial charge in [0.2, 0.25) is 0 Å². The first-order valence-electron chi connectivity index (χ1n) is 6.88.